The number of pyridine rings is 2. The summed E-state index contributed by atoms with van der Waals surface area (Å²) in [7, 11) is 0. The van der Waals surface area contributed by atoms with Gasteiger partial charge in [-0.15, -0.1) is 0 Å². The van der Waals surface area contributed by atoms with E-state index in [2.05, 4.69) is 20.3 Å². The van der Waals surface area contributed by atoms with Gasteiger partial charge >= 0.3 is 0 Å². The Morgan fingerprint density at radius 2 is 2.04 bits per heavy atom. The third-order valence-corrected chi connectivity index (χ3v) is 6.38. The van der Waals surface area contributed by atoms with Crippen molar-refractivity contribution in [2.75, 3.05) is 0 Å². The Morgan fingerprint density at radius 1 is 1.43 bits per heavy atom. The third-order valence-electron chi connectivity index (χ3n) is 3.09. The third kappa shape index (κ3) is 3.80. The normalized spacial score (nSPS) is 14.3. The topological polar surface area (TPSA) is 56.9 Å². The molecule has 0 aliphatic rings. The summed E-state index contributed by atoms with van der Waals surface area (Å²) < 4.78 is 31.6. The molecule has 0 amide bonds. The molecule has 2 rings (SSSR count). The van der Waals surface area contributed by atoms with Crippen LogP contribution in [0.3, 0.4) is 0 Å². The van der Waals surface area contributed by atoms with Gasteiger partial charge in [-0.25, -0.2) is 4.39 Å². The summed E-state index contributed by atoms with van der Waals surface area (Å²) >= 11 is 3.94. The van der Waals surface area contributed by atoms with Crippen LogP contribution < -0.4 is 5.56 Å². The van der Waals surface area contributed by atoms with Gasteiger partial charge in [0.15, 0.2) is 0 Å². The minimum atomic E-state index is -1.43. The van der Waals surface area contributed by atoms with Crippen molar-refractivity contribution in [2.24, 2.45) is 4.40 Å². The summed E-state index contributed by atoms with van der Waals surface area (Å²) in [6, 6.07) is 2.81. The second-order valence-corrected chi connectivity index (χ2v) is 9.73. The highest BCUT2D eigenvalue weighted by atomic mass is 127. The first-order valence-electron chi connectivity index (χ1n) is 6.70. The SMILES string of the molecule is CC(=N[S+]([O-])C(C)(C)C)c1c(I)c(=O)n2cc(F)ccc2c1Br. The molecule has 0 saturated carbocycles. The summed E-state index contributed by atoms with van der Waals surface area (Å²) in [5.41, 5.74) is 1.27. The van der Waals surface area contributed by atoms with Crippen LogP contribution in [0, 0.1) is 9.39 Å². The fourth-order valence-electron chi connectivity index (χ4n) is 1.88. The number of nitrogens with zero attached hydrogens (tertiary/aromatic N) is 2. The van der Waals surface area contributed by atoms with Crippen LogP contribution in [0.15, 0.2) is 32.0 Å². The zero-order valence-electron chi connectivity index (χ0n) is 13.0. The van der Waals surface area contributed by atoms with Crippen molar-refractivity contribution >= 4 is 61.1 Å². The molecule has 0 aliphatic carbocycles. The monoisotopic (exact) mass is 512 g/mol. The fraction of sp³-hybridized carbons (Fsp3) is 0.333. The van der Waals surface area contributed by atoms with Crippen LogP contribution in [-0.4, -0.2) is 19.4 Å². The van der Waals surface area contributed by atoms with E-state index in [1.54, 1.807) is 6.92 Å². The standard InChI is InChI=1S/C15H15BrFIN2O2S/c1-8(19-23(22)15(2,3)4)11-12(16)10-6-5-9(17)7-20(10)14(21)13(11)18/h5-7H,1-4H3. The zero-order chi connectivity index (χ0) is 17.5. The molecule has 23 heavy (non-hydrogen) atoms. The van der Waals surface area contributed by atoms with Crippen LogP contribution in [0.5, 0.6) is 0 Å². The first-order valence-corrected chi connectivity index (χ1v) is 9.68. The van der Waals surface area contributed by atoms with E-state index in [9.17, 15) is 13.7 Å². The minimum Gasteiger partial charge on any atom is -0.591 e. The maximum Gasteiger partial charge on any atom is 0.269 e. The Labute approximate surface area is 158 Å². The van der Waals surface area contributed by atoms with Gasteiger partial charge in [0.05, 0.1) is 19.3 Å². The van der Waals surface area contributed by atoms with Crippen molar-refractivity contribution in [3.63, 3.8) is 0 Å². The predicted octanol–water partition coefficient (Wildman–Crippen LogP) is 4.08. The van der Waals surface area contributed by atoms with E-state index in [0.29, 0.717) is 24.8 Å². The van der Waals surface area contributed by atoms with Crippen LogP contribution in [0.2, 0.25) is 0 Å². The number of halogens is 3. The molecule has 4 nitrogen and oxygen atoms in total. The van der Waals surface area contributed by atoms with E-state index < -0.39 is 21.9 Å². The molecule has 0 bridgehead atoms. The highest BCUT2D eigenvalue weighted by Crippen LogP contribution is 2.27. The van der Waals surface area contributed by atoms with Gasteiger partial charge in [0.1, 0.15) is 21.9 Å². The molecule has 1 unspecified atom stereocenters. The van der Waals surface area contributed by atoms with E-state index in [1.165, 1.54) is 16.5 Å². The lowest BCUT2D eigenvalue weighted by atomic mass is 10.1. The molecular weight excluding hydrogens is 498 g/mol. The van der Waals surface area contributed by atoms with Gasteiger partial charge in [0.2, 0.25) is 0 Å². The Bertz CT molecular complexity index is 861. The van der Waals surface area contributed by atoms with Crippen LogP contribution in [-0.2, 0) is 11.4 Å². The van der Waals surface area contributed by atoms with E-state index in [4.69, 9.17) is 0 Å². The predicted molar refractivity (Wildman–Crippen MR) is 104 cm³/mol. The molecule has 0 N–H and O–H groups in total. The van der Waals surface area contributed by atoms with Crippen molar-refractivity contribution in [2.45, 2.75) is 32.4 Å². The minimum absolute atomic E-state index is 0.339. The van der Waals surface area contributed by atoms with Gasteiger partial charge in [-0.3, -0.25) is 9.20 Å². The Balaban J connectivity index is 2.74. The zero-order valence-corrected chi connectivity index (χ0v) is 17.5. The average Bonchev–Trinajstić information content (AvgIpc) is 2.43. The van der Waals surface area contributed by atoms with Gasteiger partial charge in [-0.1, -0.05) is 4.40 Å². The maximum absolute atomic E-state index is 13.4. The van der Waals surface area contributed by atoms with Crippen LogP contribution in [0.25, 0.3) is 5.52 Å². The van der Waals surface area contributed by atoms with Gasteiger partial charge in [-0.2, -0.15) is 0 Å². The number of hydrogen-bond donors (Lipinski definition) is 0. The molecule has 0 aliphatic heterocycles. The van der Waals surface area contributed by atoms with E-state index in [0.717, 1.165) is 6.20 Å². The molecule has 0 spiro atoms. The fourth-order valence-corrected chi connectivity index (χ4v) is 4.60. The summed E-state index contributed by atoms with van der Waals surface area (Å²) in [5.74, 6) is -0.491. The van der Waals surface area contributed by atoms with Gasteiger partial charge in [-0.05, 0) is 78.3 Å². The van der Waals surface area contributed by atoms with Crippen molar-refractivity contribution < 1.29 is 8.94 Å². The van der Waals surface area contributed by atoms with E-state index in [-0.39, 0.29) is 5.56 Å². The van der Waals surface area contributed by atoms with E-state index in [1.807, 2.05) is 43.4 Å². The van der Waals surface area contributed by atoms with Crippen molar-refractivity contribution in [3.8, 4) is 0 Å². The number of rotatable bonds is 2. The van der Waals surface area contributed by atoms with E-state index >= 15 is 0 Å². The largest absolute Gasteiger partial charge is 0.591 e. The molecule has 2 aromatic rings. The lowest BCUT2D eigenvalue weighted by Gasteiger charge is -2.19. The average molecular weight is 513 g/mol. The summed E-state index contributed by atoms with van der Waals surface area (Å²) in [6.45, 7) is 7.21. The quantitative estimate of drug-likeness (QED) is 0.346. The van der Waals surface area contributed by atoms with Gasteiger partial charge in [0.25, 0.3) is 5.56 Å². The van der Waals surface area contributed by atoms with Crippen molar-refractivity contribution in [1.82, 2.24) is 4.40 Å². The highest BCUT2D eigenvalue weighted by molar-refractivity contribution is 14.1. The molecule has 0 radical (unpaired) electrons. The first kappa shape index (κ1) is 18.9. The number of aromatic nitrogens is 1. The molecule has 2 aromatic heterocycles. The molecule has 1 atom stereocenters. The molecular formula is C15H15BrFIN2O2S. The maximum atomic E-state index is 13.4. The van der Waals surface area contributed by atoms with Crippen LogP contribution >= 0.6 is 38.5 Å². The van der Waals surface area contributed by atoms with Gasteiger partial charge in [0, 0.05) is 11.8 Å². The molecule has 0 fully saturated rings. The Kier molecular flexibility index (Phi) is 5.59. The van der Waals surface area contributed by atoms with Crippen molar-refractivity contribution in [3.05, 3.63) is 48.1 Å². The second kappa shape index (κ2) is 6.81. The van der Waals surface area contributed by atoms with Crippen LogP contribution in [0.4, 0.5) is 4.39 Å². The highest BCUT2D eigenvalue weighted by Gasteiger charge is 2.28. The Hall–Kier alpha value is -0.450. The lowest BCUT2D eigenvalue weighted by Crippen LogP contribution is -2.27. The molecule has 8 heteroatoms. The summed E-state index contributed by atoms with van der Waals surface area (Å²) in [4.78, 5) is 12.5. The molecule has 2 heterocycles. The van der Waals surface area contributed by atoms with Crippen molar-refractivity contribution in [1.29, 1.82) is 0 Å². The smallest absolute Gasteiger partial charge is 0.269 e. The Morgan fingerprint density at radius 3 is 2.61 bits per heavy atom. The lowest BCUT2D eigenvalue weighted by molar-refractivity contribution is 0.561. The molecule has 0 saturated heterocycles. The summed E-state index contributed by atoms with van der Waals surface area (Å²) in [5, 5.41) is 0. The summed E-state index contributed by atoms with van der Waals surface area (Å²) in [6.07, 6.45) is 1.15. The number of fused-ring (bicyclic) bond motifs is 1. The first-order chi connectivity index (χ1) is 10.5. The van der Waals surface area contributed by atoms with Gasteiger partial charge < -0.3 is 4.55 Å². The number of hydrogen-bond acceptors (Lipinski definition) is 3. The van der Waals surface area contributed by atoms with Crippen LogP contribution in [0.1, 0.15) is 33.3 Å². The molecule has 124 valence electrons. The molecule has 0 aromatic carbocycles. The second-order valence-electron chi connectivity index (χ2n) is 5.95.